The van der Waals surface area contributed by atoms with E-state index in [1.54, 1.807) is 24.3 Å². The molecule has 3 aromatic carbocycles. The first-order chi connectivity index (χ1) is 16.9. The summed E-state index contributed by atoms with van der Waals surface area (Å²) in [5, 5.41) is 0.0612. The second-order valence-corrected chi connectivity index (χ2v) is 8.24. The fourth-order valence-corrected chi connectivity index (χ4v) is 4.32. The van der Waals surface area contributed by atoms with Crippen molar-refractivity contribution in [1.82, 2.24) is 0 Å². The van der Waals surface area contributed by atoms with E-state index in [1.807, 2.05) is 31.2 Å². The van der Waals surface area contributed by atoms with Crippen molar-refractivity contribution >= 4 is 28.5 Å². The largest absolute Gasteiger partial charge is 0.484 e. The Morgan fingerprint density at radius 2 is 1.77 bits per heavy atom. The first kappa shape index (κ1) is 22.3. The SMILES string of the molecule is CCc1ccc(N2C(=O)c3oc4ccc(F)cc4c(=O)c3C2c2ccc(OCC(N)=O)cc2)cc1. The van der Waals surface area contributed by atoms with Gasteiger partial charge < -0.3 is 14.9 Å². The average Bonchev–Trinajstić information content (AvgIpc) is 3.16. The Hall–Kier alpha value is -4.46. The fourth-order valence-electron chi connectivity index (χ4n) is 4.32. The maximum absolute atomic E-state index is 13.9. The van der Waals surface area contributed by atoms with Crippen LogP contribution in [0.3, 0.4) is 0 Å². The lowest BCUT2D eigenvalue weighted by atomic mass is 9.98. The number of fused-ring (bicyclic) bond motifs is 2. The molecule has 2 heterocycles. The van der Waals surface area contributed by atoms with E-state index in [2.05, 4.69) is 0 Å². The maximum atomic E-state index is 13.9. The molecule has 2 N–H and O–H groups in total. The van der Waals surface area contributed by atoms with Gasteiger partial charge in [0.15, 0.2) is 12.0 Å². The number of ether oxygens (including phenoxy) is 1. The molecule has 35 heavy (non-hydrogen) atoms. The van der Waals surface area contributed by atoms with Crippen LogP contribution in [0.1, 0.15) is 40.2 Å². The second kappa shape index (κ2) is 8.72. The molecule has 4 aromatic rings. The standard InChI is InChI=1S/C27H21FN2O5/c1-2-15-3-8-18(9-4-15)30-24(16-5-10-19(11-6-16)34-14-22(29)31)23-25(32)20-13-17(28)7-12-21(20)35-26(23)27(30)33/h3-13,24H,2,14H2,1H3,(H2,29,31). The molecular formula is C27H21FN2O5. The zero-order valence-corrected chi connectivity index (χ0v) is 18.8. The minimum atomic E-state index is -0.806. The number of carbonyl (C=O) groups is 2. The van der Waals surface area contributed by atoms with Crippen LogP contribution in [-0.2, 0) is 11.2 Å². The molecule has 0 radical (unpaired) electrons. The van der Waals surface area contributed by atoms with E-state index in [1.165, 1.54) is 17.0 Å². The van der Waals surface area contributed by atoms with Crippen LogP contribution in [-0.4, -0.2) is 18.4 Å². The highest BCUT2D eigenvalue weighted by Gasteiger charge is 2.43. The summed E-state index contributed by atoms with van der Waals surface area (Å²) in [7, 11) is 0. The van der Waals surface area contributed by atoms with Crippen LogP contribution in [0, 0.1) is 5.82 Å². The van der Waals surface area contributed by atoms with Gasteiger partial charge in [0.25, 0.3) is 11.8 Å². The predicted octanol–water partition coefficient (Wildman–Crippen LogP) is 4.11. The van der Waals surface area contributed by atoms with Crippen molar-refractivity contribution < 1.29 is 23.1 Å². The summed E-state index contributed by atoms with van der Waals surface area (Å²) in [6.07, 6.45) is 0.835. The number of primary amides is 1. The van der Waals surface area contributed by atoms with E-state index in [4.69, 9.17) is 14.9 Å². The molecule has 5 rings (SSSR count). The Kier molecular flexibility index (Phi) is 5.56. The van der Waals surface area contributed by atoms with Gasteiger partial charge in [0, 0.05) is 5.69 Å². The van der Waals surface area contributed by atoms with E-state index in [0.717, 1.165) is 18.1 Å². The van der Waals surface area contributed by atoms with Crippen LogP contribution in [0.2, 0.25) is 0 Å². The Labute approximate surface area is 199 Å². The number of rotatable bonds is 6. The topological polar surface area (TPSA) is 103 Å². The van der Waals surface area contributed by atoms with Gasteiger partial charge >= 0.3 is 0 Å². The molecule has 176 valence electrons. The molecule has 1 aliphatic rings. The molecule has 0 aliphatic carbocycles. The second-order valence-electron chi connectivity index (χ2n) is 8.24. The van der Waals surface area contributed by atoms with Crippen molar-refractivity contribution in [1.29, 1.82) is 0 Å². The maximum Gasteiger partial charge on any atom is 0.295 e. The van der Waals surface area contributed by atoms with Crippen LogP contribution >= 0.6 is 0 Å². The summed E-state index contributed by atoms with van der Waals surface area (Å²) in [6.45, 7) is 1.75. The highest BCUT2D eigenvalue weighted by Crippen LogP contribution is 2.41. The summed E-state index contributed by atoms with van der Waals surface area (Å²) in [6, 6.07) is 17.0. The minimum absolute atomic E-state index is 0.0612. The zero-order chi connectivity index (χ0) is 24.7. The molecular weight excluding hydrogens is 451 g/mol. The van der Waals surface area contributed by atoms with Crippen molar-refractivity contribution in [2.75, 3.05) is 11.5 Å². The van der Waals surface area contributed by atoms with Crippen LogP contribution < -0.4 is 20.8 Å². The summed E-state index contributed by atoms with van der Waals surface area (Å²) >= 11 is 0. The predicted molar refractivity (Wildman–Crippen MR) is 128 cm³/mol. The van der Waals surface area contributed by atoms with Gasteiger partial charge in [-0.05, 0) is 60.0 Å². The number of amides is 2. The van der Waals surface area contributed by atoms with Gasteiger partial charge in [-0.25, -0.2) is 4.39 Å². The van der Waals surface area contributed by atoms with E-state index in [-0.39, 0.29) is 28.9 Å². The fraction of sp³-hybridized carbons (Fsp3) is 0.148. The number of anilines is 1. The van der Waals surface area contributed by atoms with Gasteiger partial charge in [0.1, 0.15) is 17.1 Å². The number of aryl methyl sites for hydroxylation is 1. The number of benzene rings is 3. The number of halogens is 1. The lowest BCUT2D eigenvalue weighted by Gasteiger charge is -2.25. The van der Waals surface area contributed by atoms with E-state index in [0.29, 0.717) is 17.0 Å². The quantitative estimate of drug-likeness (QED) is 0.455. The third kappa shape index (κ3) is 3.93. The molecule has 0 spiro atoms. The smallest absolute Gasteiger partial charge is 0.295 e. The van der Waals surface area contributed by atoms with Gasteiger partial charge in [-0.2, -0.15) is 0 Å². The molecule has 8 heteroatoms. The summed E-state index contributed by atoms with van der Waals surface area (Å²) in [5.41, 5.74) is 7.24. The number of nitrogens with two attached hydrogens (primary N) is 1. The third-order valence-corrected chi connectivity index (χ3v) is 6.03. The molecule has 0 saturated heterocycles. The third-order valence-electron chi connectivity index (χ3n) is 6.03. The molecule has 1 aromatic heterocycles. The number of hydrogen-bond acceptors (Lipinski definition) is 5. The van der Waals surface area contributed by atoms with Crippen LogP contribution in [0.15, 0.2) is 75.9 Å². The summed E-state index contributed by atoms with van der Waals surface area (Å²) in [5.74, 6) is -1.32. The lowest BCUT2D eigenvalue weighted by molar-refractivity contribution is -0.119. The molecule has 0 bridgehead atoms. The summed E-state index contributed by atoms with van der Waals surface area (Å²) in [4.78, 5) is 39.6. The molecule has 1 atom stereocenters. The normalized spacial score (nSPS) is 14.9. The number of hydrogen-bond donors (Lipinski definition) is 1. The van der Waals surface area contributed by atoms with Crippen LogP contribution in [0.5, 0.6) is 5.75 Å². The molecule has 1 aliphatic heterocycles. The van der Waals surface area contributed by atoms with Crippen LogP contribution in [0.25, 0.3) is 11.0 Å². The monoisotopic (exact) mass is 472 g/mol. The molecule has 7 nitrogen and oxygen atoms in total. The Morgan fingerprint density at radius 3 is 2.43 bits per heavy atom. The average molecular weight is 472 g/mol. The van der Waals surface area contributed by atoms with Gasteiger partial charge in [-0.1, -0.05) is 31.2 Å². The van der Waals surface area contributed by atoms with Gasteiger partial charge in [-0.3, -0.25) is 19.3 Å². The summed E-state index contributed by atoms with van der Waals surface area (Å²) < 4.78 is 25.1. The van der Waals surface area contributed by atoms with Gasteiger partial charge in [0.2, 0.25) is 5.76 Å². The number of nitrogens with zero attached hydrogens (tertiary/aromatic N) is 1. The van der Waals surface area contributed by atoms with Crippen LogP contribution in [0.4, 0.5) is 10.1 Å². The van der Waals surface area contributed by atoms with E-state index in [9.17, 15) is 18.8 Å². The highest BCUT2D eigenvalue weighted by molar-refractivity contribution is 6.10. The Bertz CT molecular complexity index is 1510. The minimum Gasteiger partial charge on any atom is -0.484 e. The van der Waals surface area contributed by atoms with Crippen molar-refractivity contribution in [2.45, 2.75) is 19.4 Å². The molecule has 2 amide bonds. The Balaban J connectivity index is 1.68. The first-order valence-electron chi connectivity index (χ1n) is 11.1. The molecule has 0 saturated carbocycles. The van der Waals surface area contributed by atoms with E-state index >= 15 is 0 Å². The highest BCUT2D eigenvalue weighted by atomic mass is 19.1. The first-order valence-corrected chi connectivity index (χ1v) is 11.1. The van der Waals surface area contributed by atoms with Gasteiger partial charge in [-0.15, -0.1) is 0 Å². The molecule has 0 fully saturated rings. The number of carbonyl (C=O) groups excluding carboxylic acids is 2. The van der Waals surface area contributed by atoms with Gasteiger partial charge in [0.05, 0.1) is 17.0 Å². The lowest BCUT2D eigenvalue weighted by Crippen LogP contribution is -2.29. The zero-order valence-electron chi connectivity index (χ0n) is 18.8. The van der Waals surface area contributed by atoms with Crippen molar-refractivity contribution in [3.05, 3.63) is 105 Å². The van der Waals surface area contributed by atoms with Crippen molar-refractivity contribution in [3.8, 4) is 5.75 Å². The Morgan fingerprint density at radius 1 is 1.06 bits per heavy atom. The van der Waals surface area contributed by atoms with Crippen molar-refractivity contribution in [3.63, 3.8) is 0 Å². The molecule has 1 unspecified atom stereocenters. The van der Waals surface area contributed by atoms with Crippen molar-refractivity contribution in [2.24, 2.45) is 5.73 Å². The van der Waals surface area contributed by atoms with E-state index < -0.39 is 29.1 Å².